The zero-order valence-electron chi connectivity index (χ0n) is 11.9. The number of nitrogens with zero attached hydrogens (tertiary/aromatic N) is 2. The van der Waals surface area contributed by atoms with Crippen molar-refractivity contribution in [2.75, 3.05) is 31.6 Å². The van der Waals surface area contributed by atoms with Gasteiger partial charge in [-0.3, -0.25) is 10.1 Å². The number of likely N-dealkylation sites (N-methyl/N-ethyl adjacent to an activating group) is 1. The molecule has 7 heteroatoms. The summed E-state index contributed by atoms with van der Waals surface area (Å²) in [5, 5.41) is 33.8. The van der Waals surface area contributed by atoms with E-state index in [2.05, 4.69) is 5.32 Å². The van der Waals surface area contributed by atoms with Gasteiger partial charge >= 0.3 is 5.69 Å². The first-order valence-electron chi connectivity index (χ1n) is 6.72. The van der Waals surface area contributed by atoms with Crippen molar-refractivity contribution in [3.05, 3.63) is 28.3 Å². The highest BCUT2D eigenvalue weighted by molar-refractivity contribution is 5.66. The minimum absolute atomic E-state index is 0.0130. The number of nitrogens with one attached hydrogen (secondary N) is 1. The Hall–Kier alpha value is -1.70. The summed E-state index contributed by atoms with van der Waals surface area (Å²) in [7, 11) is 0. The maximum atomic E-state index is 11.2. The van der Waals surface area contributed by atoms with Crippen molar-refractivity contribution in [1.82, 2.24) is 4.65 Å². The number of hydroxylamine groups is 2. The molecule has 3 N–H and O–H groups in total. The normalized spacial score (nSPS) is 13.8. The van der Waals surface area contributed by atoms with E-state index in [-0.39, 0.29) is 31.1 Å². The molecule has 0 saturated carbocycles. The maximum absolute atomic E-state index is 11.2. The number of aliphatic hydroxyl groups excluding tert-OH is 1. The van der Waals surface area contributed by atoms with E-state index < -0.39 is 9.57 Å². The van der Waals surface area contributed by atoms with Crippen LogP contribution in [0.4, 0.5) is 17.1 Å². The van der Waals surface area contributed by atoms with Gasteiger partial charge in [0, 0.05) is 24.4 Å². The van der Waals surface area contributed by atoms with Crippen LogP contribution in [0.3, 0.4) is 0 Å². The van der Waals surface area contributed by atoms with Crippen LogP contribution in [0.1, 0.15) is 20.3 Å². The Morgan fingerprint density at radius 1 is 1.40 bits per heavy atom. The third kappa shape index (κ3) is 3.66. The molecule has 0 amide bonds. The molecule has 0 fully saturated rings. The van der Waals surface area contributed by atoms with Gasteiger partial charge in [0.15, 0.2) is 0 Å². The summed E-state index contributed by atoms with van der Waals surface area (Å²) in [5.41, 5.74) is 0.687. The summed E-state index contributed by atoms with van der Waals surface area (Å²) in [5.74, 6) is 0. The zero-order valence-corrected chi connectivity index (χ0v) is 11.9. The Kier molecular flexibility index (Phi) is 5.87. The predicted molar refractivity (Wildman–Crippen MR) is 78.0 cm³/mol. The first kappa shape index (κ1) is 16.4. The molecule has 0 aliphatic rings. The molecule has 20 heavy (non-hydrogen) atoms. The number of benzene rings is 1. The number of anilines is 1. The number of rotatable bonds is 8. The number of nitro groups is 1. The molecule has 0 radical (unpaired) electrons. The molecule has 1 atom stereocenters. The minimum atomic E-state index is -0.652. The lowest BCUT2D eigenvalue weighted by atomic mass is 10.2. The lowest BCUT2D eigenvalue weighted by Gasteiger charge is -2.27. The molecule has 1 aromatic carbocycles. The van der Waals surface area contributed by atoms with Crippen LogP contribution in [0.15, 0.2) is 18.2 Å². The Bertz CT molecular complexity index is 467. The average molecular weight is 284 g/mol. The topological polar surface area (TPSA) is 95.6 Å². The molecule has 7 nitrogen and oxygen atoms in total. The Balaban J connectivity index is 3.21. The van der Waals surface area contributed by atoms with Crippen molar-refractivity contribution < 1.29 is 15.2 Å². The summed E-state index contributed by atoms with van der Waals surface area (Å²) in [6, 6.07) is 4.66. The van der Waals surface area contributed by atoms with E-state index in [0.717, 1.165) is 13.0 Å². The van der Waals surface area contributed by atoms with Gasteiger partial charge in [0.1, 0.15) is 13.1 Å². The molecule has 112 valence electrons. The van der Waals surface area contributed by atoms with Gasteiger partial charge in [-0.05, 0) is 19.4 Å². The fourth-order valence-electron chi connectivity index (χ4n) is 2.02. The lowest BCUT2D eigenvalue weighted by molar-refractivity contribution is -0.385. The number of hydrogen-bond donors (Lipinski definition) is 3. The summed E-state index contributed by atoms with van der Waals surface area (Å²) in [6.45, 7) is 4.44. The molecule has 0 aromatic heterocycles. The lowest BCUT2D eigenvalue weighted by Crippen LogP contribution is -2.48. The van der Waals surface area contributed by atoms with Crippen molar-refractivity contribution in [2.45, 2.75) is 20.3 Å². The number of hydrogen-bond acceptors (Lipinski definition) is 5. The van der Waals surface area contributed by atoms with E-state index in [1.807, 2.05) is 6.92 Å². The molecule has 0 spiro atoms. The summed E-state index contributed by atoms with van der Waals surface area (Å²) < 4.78 is -0.652. The number of nitro benzene ring substituents is 1. The van der Waals surface area contributed by atoms with E-state index >= 15 is 0 Å². The second-order valence-corrected chi connectivity index (χ2v) is 4.57. The smallest absolute Gasteiger partial charge is 0.334 e. The predicted octanol–water partition coefficient (Wildman–Crippen LogP) is 2.13. The Morgan fingerprint density at radius 3 is 2.60 bits per heavy atom. The molecular weight excluding hydrogens is 262 g/mol. The fourth-order valence-corrected chi connectivity index (χ4v) is 2.02. The second-order valence-electron chi connectivity index (χ2n) is 4.57. The molecule has 0 aliphatic carbocycles. The van der Waals surface area contributed by atoms with Crippen LogP contribution in [0.5, 0.6) is 0 Å². The molecule has 0 bridgehead atoms. The molecule has 0 heterocycles. The first-order chi connectivity index (χ1) is 9.48. The summed E-state index contributed by atoms with van der Waals surface area (Å²) in [4.78, 5) is 10.7. The van der Waals surface area contributed by atoms with Crippen LogP contribution in [-0.4, -0.2) is 41.5 Å². The van der Waals surface area contributed by atoms with E-state index in [1.165, 1.54) is 12.1 Å². The highest BCUT2D eigenvalue weighted by atomic mass is 16.6. The van der Waals surface area contributed by atoms with Crippen LogP contribution in [0, 0.1) is 10.1 Å². The third-order valence-electron chi connectivity index (χ3n) is 3.19. The van der Waals surface area contributed by atoms with Gasteiger partial charge in [0.25, 0.3) is 0 Å². The van der Waals surface area contributed by atoms with Gasteiger partial charge in [0.2, 0.25) is 5.69 Å². The van der Waals surface area contributed by atoms with Crippen LogP contribution in [0.2, 0.25) is 0 Å². The van der Waals surface area contributed by atoms with Gasteiger partial charge in [-0.1, -0.05) is 6.92 Å². The van der Waals surface area contributed by atoms with E-state index in [4.69, 9.17) is 5.11 Å². The van der Waals surface area contributed by atoms with Gasteiger partial charge in [-0.25, -0.2) is 5.21 Å². The van der Waals surface area contributed by atoms with Crippen molar-refractivity contribution in [1.29, 1.82) is 0 Å². The monoisotopic (exact) mass is 284 g/mol. The standard InChI is InChI=1S/C13H22N3O4/c1-3-7-14-11-5-6-13(12(10-11)15(18)19)16(20,4-2)8-9-17/h5-6,10,14,17,20H,3-4,7-9H2,1-2H3/q+1. The summed E-state index contributed by atoms with van der Waals surface area (Å²) >= 11 is 0. The summed E-state index contributed by atoms with van der Waals surface area (Å²) in [6.07, 6.45) is 0.912. The van der Waals surface area contributed by atoms with Crippen LogP contribution >= 0.6 is 0 Å². The van der Waals surface area contributed by atoms with Crippen LogP contribution in [-0.2, 0) is 0 Å². The Labute approximate surface area is 118 Å². The van der Waals surface area contributed by atoms with Gasteiger partial charge in [-0.2, -0.15) is 0 Å². The molecule has 0 aliphatic heterocycles. The molecule has 0 saturated heterocycles. The molecule has 1 aromatic rings. The van der Waals surface area contributed by atoms with Gasteiger partial charge in [0.05, 0.1) is 11.5 Å². The fraction of sp³-hybridized carbons (Fsp3) is 0.538. The second kappa shape index (κ2) is 7.18. The van der Waals surface area contributed by atoms with Crippen molar-refractivity contribution >= 4 is 17.1 Å². The van der Waals surface area contributed by atoms with Crippen molar-refractivity contribution in [3.63, 3.8) is 0 Å². The van der Waals surface area contributed by atoms with Crippen LogP contribution < -0.4 is 9.96 Å². The minimum Gasteiger partial charge on any atom is -0.390 e. The molecule has 1 unspecified atom stereocenters. The first-order valence-corrected chi connectivity index (χ1v) is 6.72. The highest BCUT2D eigenvalue weighted by Crippen LogP contribution is 2.34. The SMILES string of the molecule is CCCNc1ccc([N+](O)(CC)CCO)c([N+](=O)[O-])c1. The number of aliphatic hydroxyl groups is 1. The maximum Gasteiger partial charge on any atom is 0.334 e. The van der Waals surface area contributed by atoms with Crippen molar-refractivity contribution in [3.8, 4) is 0 Å². The van der Waals surface area contributed by atoms with E-state index in [1.54, 1.807) is 13.0 Å². The zero-order chi connectivity index (χ0) is 15.2. The quantitative estimate of drug-likeness (QED) is 0.386. The molecular formula is C13H22N3O4+. The van der Waals surface area contributed by atoms with Gasteiger partial charge < -0.3 is 10.4 Å². The average Bonchev–Trinajstić information content (AvgIpc) is 2.44. The van der Waals surface area contributed by atoms with Crippen molar-refractivity contribution in [2.24, 2.45) is 0 Å². The number of quaternary nitrogens is 1. The Morgan fingerprint density at radius 2 is 2.10 bits per heavy atom. The van der Waals surface area contributed by atoms with E-state index in [9.17, 15) is 15.3 Å². The third-order valence-corrected chi connectivity index (χ3v) is 3.19. The molecule has 1 rings (SSSR count). The van der Waals surface area contributed by atoms with Crippen LogP contribution in [0.25, 0.3) is 0 Å². The van der Waals surface area contributed by atoms with E-state index in [0.29, 0.717) is 5.69 Å². The highest BCUT2D eigenvalue weighted by Gasteiger charge is 2.34. The van der Waals surface area contributed by atoms with Gasteiger partial charge in [-0.15, -0.1) is 4.65 Å². The largest absolute Gasteiger partial charge is 0.390 e.